The number of H-pyrrole nitrogens is 1. The third kappa shape index (κ3) is 7.88. The Morgan fingerprint density at radius 2 is 1.54 bits per heavy atom. The highest BCUT2D eigenvalue weighted by Gasteiger charge is 2.11. The highest BCUT2D eigenvalue weighted by Crippen LogP contribution is 2.21. The first-order chi connectivity index (χ1) is 19.8. The Labute approximate surface area is 261 Å². The van der Waals surface area contributed by atoms with Crippen molar-refractivity contribution in [3.63, 3.8) is 0 Å². The van der Waals surface area contributed by atoms with Crippen LogP contribution in [0.1, 0.15) is 16.7 Å². The van der Waals surface area contributed by atoms with E-state index < -0.39 is 0 Å². The third-order valence-electron chi connectivity index (χ3n) is 5.26. The fraction of sp³-hybridized carbons (Fsp3) is 0.0769. The van der Waals surface area contributed by atoms with Crippen molar-refractivity contribution in [1.29, 1.82) is 5.26 Å². The highest BCUT2D eigenvalue weighted by atomic mass is 79.9. The first-order valence-corrected chi connectivity index (χ1v) is 14.0. The number of hydrogen-bond donors (Lipinski definition) is 1. The number of benzene rings is 2. The molecule has 15 heteroatoms. The average Bonchev–Trinajstić information content (AvgIpc) is 3.62. The Kier molecular flexibility index (Phi) is 10.4. The van der Waals surface area contributed by atoms with Crippen LogP contribution in [0.25, 0.3) is 27.2 Å². The molecule has 0 amide bonds. The van der Waals surface area contributed by atoms with Crippen LogP contribution in [0.3, 0.4) is 0 Å². The lowest BCUT2D eigenvalue weighted by molar-refractivity contribution is 0.813. The summed E-state index contributed by atoms with van der Waals surface area (Å²) in [7, 11) is 0. The van der Waals surface area contributed by atoms with Gasteiger partial charge in [-0.2, -0.15) is 15.2 Å². The quantitative estimate of drug-likeness (QED) is 0.0869. The van der Waals surface area contributed by atoms with Gasteiger partial charge in [0.25, 0.3) is 0 Å². The number of nitriles is 1. The maximum absolute atomic E-state index is 8.78. The number of alkyl halides is 1. The number of imidazole rings is 2. The van der Waals surface area contributed by atoms with Crippen LogP contribution in [-0.4, -0.2) is 39.5 Å². The zero-order valence-corrected chi connectivity index (χ0v) is 25.2. The molecule has 0 fully saturated rings. The monoisotopic (exact) mass is 686 g/mol. The molecule has 0 radical (unpaired) electrons. The van der Waals surface area contributed by atoms with Crippen molar-refractivity contribution in [2.75, 3.05) is 0 Å². The average molecular weight is 689 g/mol. The van der Waals surface area contributed by atoms with Gasteiger partial charge in [0, 0.05) is 5.33 Å². The molecule has 0 spiro atoms. The molecular weight excluding hydrogens is 674 g/mol. The minimum absolute atomic E-state index is 0.0871. The number of halogens is 5. The molecule has 0 aliphatic rings. The van der Waals surface area contributed by atoms with Crippen molar-refractivity contribution in [2.24, 2.45) is 0 Å². The molecule has 4 aromatic heterocycles. The summed E-state index contributed by atoms with van der Waals surface area (Å²) in [5.41, 5.74) is 5.74. The lowest BCUT2D eigenvalue weighted by atomic mass is 10.1. The molecular formula is C26H15BrCl4N10. The van der Waals surface area contributed by atoms with Gasteiger partial charge in [-0.15, -0.1) is 0 Å². The van der Waals surface area contributed by atoms with Crippen LogP contribution in [0, 0.1) is 17.9 Å². The first kappa shape index (κ1) is 30.1. The molecule has 1 N–H and O–H groups in total. The Morgan fingerprint density at radius 1 is 0.878 bits per heavy atom. The molecule has 2 aromatic carbocycles. The summed E-state index contributed by atoms with van der Waals surface area (Å²) in [6.07, 6.45) is 3.13. The Hall–Kier alpha value is -3.84. The van der Waals surface area contributed by atoms with E-state index in [2.05, 4.69) is 61.7 Å². The van der Waals surface area contributed by atoms with Crippen LogP contribution >= 0.6 is 62.3 Å². The summed E-state index contributed by atoms with van der Waals surface area (Å²) in [6, 6.07) is 16.9. The second kappa shape index (κ2) is 14.2. The number of hydrogen-bond acceptors (Lipinski definition) is 7. The molecule has 0 aliphatic heterocycles. The molecule has 0 saturated heterocycles. The van der Waals surface area contributed by atoms with E-state index in [4.69, 9.17) is 58.2 Å². The Balaban J connectivity index is 0.000000156. The predicted molar refractivity (Wildman–Crippen MR) is 163 cm³/mol. The number of fused-ring (bicyclic) bond motifs is 2. The molecule has 0 aliphatic carbocycles. The van der Waals surface area contributed by atoms with E-state index in [1.54, 1.807) is 18.5 Å². The van der Waals surface area contributed by atoms with E-state index in [9.17, 15) is 0 Å². The van der Waals surface area contributed by atoms with Crippen molar-refractivity contribution in [2.45, 2.75) is 11.9 Å². The topological polar surface area (TPSA) is 126 Å². The SMILES string of the molecule is Clc1nc(Cl)c2[nH]cnc2n1.N#Cc1ccc(Cn2cnc3c(Cl)nc(Cl)nc32)cc1.[C-]#[N+]c1ccc(CBr)cc1. The fourth-order valence-corrected chi connectivity index (χ4v) is 4.54. The van der Waals surface area contributed by atoms with Crippen LogP contribution in [0.4, 0.5) is 5.69 Å². The number of aromatic amines is 1. The van der Waals surface area contributed by atoms with E-state index in [-0.39, 0.29) is 20.9 Å². The van der Waals surface area contributed by atoms with Gasteiger partial charge in [-0.1, -0.05) is 75.5 Å². The van der Waals surface area contributed by atoms with E-state index in [1.165, 1.54) is 11.9 Å². The molecule has 204 valence electrons. The number of rotatable bonds is 3. The van der Waals surface area contributed by atoms with E-state index in [0.717, 1.165) is 10.9 Å². The molecule has 0 bridgehead atoms. The number of aromatic nitrogens is 8. The third-order valence-corrected chi connectivity index (χ3v) is 6.79. The van der Waals surface area contributed by atoms with Gasteiger partial charge < -0.3 is 9.55 Å². The molecule has 6 aromatic rings. The Morgan fingerprint density at radius 3 is 2.20 bits per heavy atom. The Bertz CT molecular complexity index is 1870. The van der Waals surface area contributed by atoms with Gasteiger partial charge >= 0.3 is 0 Å². The summed E-state index contributed by atoms with van der Waals surface area (Å²) in [5.74, 6) is 0. The second-order valence-electron chi connectivity index (χ2n) is 7.93. The molecule has 4 heterocycles. The molecule has 0 saturated carbocycles. The van der Waals surface area contributed by atoms with E-state index in [1.807, 2.05) is 41.0 Å². The minimum atomic E-state index is 0.0871. The number of nitrogens with zero attached hydrogens (tertiary/aromatic N) is 9. The van der Waals surface area contributed by atoms with Gasteiger partial charge in [-0.25, -0.2) is 24.8 Å². The van der Waals surface area contributed by atoms with Crippen molar-refractivity contribution < 1.29 is 0 Å². The molecule has 0 unspecified atom stereocenters. The van der Waals surface area contributed by atoms with Crippen LogP contribution in [0.5, 0.6) is 0 Å². The maximum atomic E-state index is 8.78. The molecule has 10 nitrogen and oxygen atoms in total. The van der Waals surface area contributed by atoms with E-state index >= 15 is 0 Å². The zero-order valence-electron chi connectivity index (χ0n) is 20.6. The fourth-order valence-electron chi connectivity index (χ4n) is 3.31. The van der Waals surface area contributed by atoms with E-state index in [0.29, 0.717) is 40.1 Å². The summed E-state index contributed by atoms with van der Waals surface area (Å²) < 4.78 is 1.83. The van der Waals surface area contributed by atoms with Gasteiger partial charge in [0.15, 0.2) is 27.3 Å². The van der Waals surface area contributed by atoms with Crippen LogP contribution in [0.15, 0.2) is 61.2 Å². The first-order valence-electron chi connectivity index (χ1n) is 11.4. The number of nitrogens with one attached hydrogen (secondary N) is 1. The minimum Gasteiger partial charge on any atom is -0.341 e. The summed E-state index contributed by atoms with van der Waals surface area (Å²) in [6.45, 7) is 7.25. The molecule has 41 heavy (non-hydrogen) atoms. The van der Waals surface area contributed by atoms with Crippen molar-refractivity contribution >= 4 is 90.3 Å². The largest absolute Gasteiger partial charge is 0.341 e. The smallest absolute Gasteiger partial charge is 0.225 e. The summed E-state index contributed by atoms with van der Waals surface area (Å²) in [4.78, 5) is 29.7. The molecule has 6 rings (SSSR count). The maximum Gasteiger partial charge on any atom is 0.225 e. The van der Waals surface area contributed by atoms with Crippen molar-refractivity contribution in [1.82, 2.24) is 39.5 Å². The summed E-state index contributed by atoms with van der Waals surface area (Å²) >= 11 is 26.3. The van der Waals surface area contributed by atoms with Crippen LogP contribution in [0.2, 0.25) is 20.9 Å². The predicted octanol–water partition coefficient (Wildman–Crippen LogP) is 7.85. The van der Waals surface area contributed by atoms with Crippen LogP contribution in [-0.2, 0) is 11.9 Å². The van der Waals surface area contributed by atoms with Gasteiger partial charge in [-0.05, 0) is 46.5 Å². The summed E-state index contributed by atoms with van der Waals surface area (Å²) in [5, 5.41) is 10.3. The standard InChI is InChI=1S/C13H7Cl2N5.C8H6BrN.C5H2Cl2N4/c14-11-10-12(19-13(15)18-11)20(7-17-10)6-9-3-1-8(5-16)2-4-9;1-10-8-4-2-7(6-9)3-5-8;6-3-2-4(9-1-8-2)11-5(7)10-3/h1-4,7H,6H2;2-5H,6H2;1H,(H,8,9,10,11). The highest BCUT2D eigenvalue weighted by molar-refractivity contribution is 9.08. The van der Waals surface area contributed by atoms with Gasteiger partial charge in [0.05, 0.1) is 37.4 Å². The lowest BCUT2D eigenvalue weighted by Gasteiger charge is -2.04. The normalized spacial score (nSPS) is 10.2. The van der Waals surface area contributed by atoms with Crippen LogP contribution < -0.4 is 0 Å². The van der Waals surface area contributed by atoms with Crippen molar-refractivity contribution in [3.05, 3.63) is 110 Å². The molecule has 0 atom stereocenters. The lowest BCUT2D eigenvalue weighted by Crippen LogP contribution is -2.00. The van der Waals surface area contributed by atoms with Crippen molar-refractivity contribution in [3.8, 4) is 6.07 Å². The van der Waals surface area contributed by atoms with Gasteiger partial charge in [-0.3, -0.25) is 0 Å². The van der Waals surface area contributed by atoms with Gasteiger partial charge in [0.2, 0.25) is 10.6 Å². The second-order valence-corrected chi connectivity index (χ2v) is 9.89. The zero-order chi connectivity index (χ0) is 29.4. The van der Waals surface area contributed by atoms with Gasteiger partial charge in [0.1, 0.15) is 11.0 Å².